The summed E-state index contributed by atoms with van der Waals surface area (Å²) in [6, 6.07) is 0.334. The Morgan fingerprint density at radius 1 is 1.42 bits per heavy atom. The van der Waals surface area contributed by atoms with Gasteiger partial charge in [-0.25, -0.2) is 0 Å². The number of rotatable bonds is 3. The highest BCUT2D eigenvalue weighted by Crippen LogP contribution is 2.48. The summed E-state index contributed by atoms with van der Waals surface area (Å²) in [4.78, 5) is 0. The number of nitrogens with zero attached hydrogens (tertiary/aromatic N) is 2. The molecule has 108 valence electrons. The zero-order valence-electron chi connectivity index (χ0n) is 13.1. The number of methoxy groups -OCH3 is 1. The molecule has 1 aromatic rings. The van der Waals surface area contributed by atoms with E-state index in [1.807, 2.05) is 6.20 Å². The van der Waals surface area contributed by atoms with Crippen LogP contribution in [0.15, 0.2) is 6.20 Å². The second-order valence-corrected chi connectivity index (χ2v) is 6.79. The molecular formula is C15H27N3O. The maximum Gasteiger partial charge on any atom is 0.161 e. The first-order valence-electron chi connectivity index (χ1n) is 7.20. The molecule has 0 aromatic carbocycles. The molecule has 0 radical (unpaired) electrons. The van der Waals surface area contributed by atoms with Gasteiger partial charge in [0.25, 0.3) is 0 Å². The topological polar surface area (TPSA) is 39.1 Å². The summed E-state index contributed by atoms with van der Waals surface area (Å²) in [5, 5.41) is 8.28. The normalized spacial score (nSPS) is 24.2. The average molecular weight is 265 g/mol. The van der Waals surface area contributed by atoms with Crippen molar-refractivity contribution >= 4 is 0 Å². The summed E-state index contributed by atoms with van der Waals surface area (Å²) < 4.78 is 7.70. The predicted molar refractivity (Wildman–Crippen MR) is 77.5 cm³/mol. The Morgan fingerprint density at radius 3 is 2.53 bits per heavy atom. The fraction of sp³-hybridized carbons (Fsp3) is 0.800. The first-order chi connectivity index (χ1) is 8.83. The lowest BCUT2D eigenvalue weighted by molar-refractivity contribution is 0.141. The fourth-order valence-corrected chi connectivity index (χ4v) is 3.23. The molecule has 1 fully saturated rings. The van der Waals surface area contributed by atoms with Gasteiger partial charge in [0.15, 0.2) is 5.75 Å². The molecule has 19 heavy (non-hydrogen) atoms. The van der Waals surface area contributed by atoms with Crippen LogP contribution in [-0.2, 0) is 5.54 Å². The number of ether oxygens (including phenoxy) is 1. The van der Waals surface area contributed by atoms with Crippen molar-refractivity contribution in [3.05, 3.63) is 11.9 Å². The van der Waals surface area contributed by atoms with E-state index in [9.17, 15) is 0 Å². The highest BCUT2D eigenvalue weighted by atomic mass is 16.5. The van der Waals surface area contributed by atoms with Crippen LogP contribution < -0.4 is 10.1 Å². The van der Waals surface area contributed by atoms with Crippen molar-refractivity contribution in [2.45, 2.75) is 59.0 Å². The summed E-state index contributed by atoms with van der Waals surface area (Å²) in [6.45, 7) is 12.3. The molecule has 4 nitrogen and oxygen atoms in total. The molecule has 1 aliphatic heterocycles. The van der Waals surface area contributed by atoms with Crippen LogP contribution in [0.25, 0.3) is 0 Å². The summed E-state index contributed by atoms with van der Waals surface area (Å²) in [5.41, 5.74) is 1.26. The van der Waals surface area contributed by atoms with Crippen molar-refractivity contribution in [3.8, 4) is 5.75 Å². The number of hydrogen-bond acceptors (Lipinski definition) is 3. The molecule has 4 heteroatoms. The smallest absolute Gasteiger partial charge is 0.161 e. The summed E-state index contributed by atoms with van der Waals surface area (Å²) in [6.07, 6.45) is 4.18. The van der Waals surface area contributed by atoms with Crippen LogP contribution in [0, 0.1) is 5.41 Å². The fourth-order valence-electron chi connectivity index (χ4n) is 3.23. The molecule has 0 amide bonds. The average Bonchev–Trinajstić information content (AvgIpc) is 2.94. The van der Waals surface area contributed by atoms with Crippen LogP contribution in [-0.4, -0.2) is 23.4 Å². The van der Waals surface area contributed by atoms with E-state index in [2.05, 4.69) is 49.7 Å². The van der Waals surface area contributed by atoms with Crippen LogP contribution in [0.2, 0.25) is 0 Å². The van der Waals surface area contributed by atoms with Crippen LogP contribution in [0.1, 0.15) is 59.2 Å². The number of aromatic nitrogens is 2. The molecule has 1 aromatic heterocycles. The van der Waals surface area contributed by atoms with E-state index in [0.29, 0.717) is 6.04 Å². The van der Waals surface area contributed by atoms with E-state index in [4.69, 9.17) is 4.74 Å². The van der Waals surface area contributed by atoms with Gasteiger partial charge >= 0.3 is 0 Å². The number of hydrogen-bond donors (Lipinski definition) is 1. The third kappa shape index (κ3) is 2.16. The van der Waals surface area contributed by atoms with Gasteiger partial charge in [0.05, 0.1) is 18.8 Å². The molecule has 0 aliphatic carbocycles. The standard InChI is InChI=1S/C15H27N3O/c1-11(2)18-13(12(19-6)10-17-18)15(14(3,4)5)8-7-9-16-15/h10-11,16H,7-9H2,1-6H3. The van der Waals surface area contributed by atoms with Crippen LogP contribution in [0.4, 0.5) is 0 Å². The molecule has 0 saturated carbocycles. The highest BCUT2D eigenvalue weighted by Gasteiger charge is 2.49. The van der Waals surface area contributed by atoms with Crippen LogP contribution >= 0.6 is 0 Å². The second-order valence-electron chi connectivity index (χ2n) is 6.79. The van der Waals surface area contributed by atoms with Crippen LogP contribution in [0.5, 0.6) is 5.75 Å². The van der Waals surface area contributed by atoms with Crippen molar-refractivity contribution in [1.29, 1.82) is 0 Å². The maximum atomic E-state index is 5.59. The predicted octanol–water partition coefficient (Wildman–Crippen LogP) is 3.10. The molecule has 1 aliphatic rings. The molecular weight excluding hydrogens is 238 g/mol. The van der Waals surface area contributed by atoms with Gasteiger partial charge in [-0.1, -0.05) is 20.8 Å². The first kappa shape index (κ1) is 14.4. The van der Waals surface area contributed by atoms with Crippen molar-refractivity contribution < 1.29 is 4.74 Å². The SMILES string of the molecule is COc1cnn(C(C)C)c1C1(C(C)(C)C)CCCN1. The molecule has 1 N–H and O–H groups in total. The van der Waals surface area contributed by atoms with E-state index in [1.54, 1.807) is 7.11 Å². The zero-order valence-corrected chi connectivity index (χ0v) is 13.1. The monoisotopic (exact) mass is 265 g/mol. The molecule has 1 unspecified atom stereocenters. The Morgan fingerprint density at radius 2 is 2.11 bits per heavy atom. The van der Waals surface area contributed by atoms with E-state index >= 15 is 0 Å². The minimum atomic E-state index is -0.0564. The molecule has 2 rings (SSSR count). The van der Waals surface area contributed by atoms with Gasteiger partial charge in [-0.2, -0.15) is 5.10 Å². The van der Waals surface area contributed by atoms with Gasteiger partial charge in [-0.15, -0.1) is 0 Å². The van der Waals surface area contributed by atoms with E-state index in [0.717, 1.165) is 18.7 Å². The van der Waals surface area contributed by atoms with E-state index < -0.39 is 0 Å². The lowest BCUT2D eigenvalue weighted by Crippen LogP contribution is -2.49. The van der Waals surface area contributed by atoms with Crippen LogP contribution in [0.3, 0.4) is 0 Å². The van der Waals surface area contributed by atoms with E-state index in [-0.39, 0.29) is 11.0 Å². The summed E-state index contributed by atoms with van der Waals surface area (Å²) in [7, 11) is 1.73. The molecule has 0 bridgehead atoms. The van der Waals surface area contributed by atoms with Gasteiger partial charge in [0, 0.05) is 6.04 Å². The zero-order chi connectivity index (χ0) is 14.3. The molecule has 2 heterocycles. The lowest BCUT2D eigenvalue weighted by Gasteiger charge is -2.43. The minimum absolute atomic E-state index is 0.0564. The number of nitrogens with one attached hydrogen (secondary N) is 1. The molecule has 0 spiro atoms. The van der Waals surface area contributed by atoms with E-state index in [1.165, 1.54) is 12.1 Å². The Hall–Kier alpha value is -1.03. The summed E-state index contributed by atoms with van der Waals surface area (Å²) in [5.74, 6) is 0.901. The molecule has 1 saturated heterocycles. The quantitative estimate of drug-likeness (QED) is 0.912. The highest BCUT2D eigenvalue weighted by molar-refractivity contribution is 5.35. The van der Waals surface area contributed by atoms with Gasteiger partial charge in [0.1, 0.15) is 5.69 Å². The third-order valence-electron chi connectivity index (χ3n) is 4.31. The Labute approximate surface area is 116 Å². The lowest BCUT2D eigenvalue weighted by atomic mass is 9.70. The Kier molecular flexibility index (Phi) is 3.65. The third-order valence-corrected chi connectivity index (χ3v) is 4.31. The summed E-state index contributed by atoms with van der Waals surface area (Å²) >= 11 is 0. The largest absolute Gasteiger partial charge is 0.493 e. The van der Waals surface area contributed by atoms with Gasteiger partial charge in [-0.3, -0.25) is 4.68 Å². The Balaban J connectivity index is 2.63. The van der Waals surface area contributed by atoms with Gasteiger partial charge < -0.3 is 10.1 Å². The van der Waals surface area contributed by atoms with Crippen molar-refractivity contribution in [3.63, 3.8) is 0 Å². The van der Waals surface area contributed by atoms with Gasteiger partial charge in [-0.05, 0) is 38.6 Å². The van der Waals surface area contributed by atoms with Crippen molar-refractivity contribution in [1.82, 2.24) is 15.1 Å². The minimum Gasteiger partial charge on any atom is -0.493 e. The second kappa shape index (κ2) is 4.82. The Bertz CT molecular complexity index is 437. The first-order valence-corrected chi connectivity index (χ1v) is 7.20. The van der Waals surface area contributed by atoms with Crippen molar-refractivity contribution in [2.24, 2.45) is 5.41 Å². The van der Waals surface area contributed by atoms with Gasteiger partial charge in [0.2, 0.25) is 0 Å². The maximum absolute atomic E-state index is 5.59. The van der Waals surface area contributed by atoms with Crippen molar-refractivity contribution in [2.75, 3.05) is 13.7 Å². The molecule has 1 atom stereocenters.